The Hall–Kier alpha value is -2.70. The summed E-state index contributed by atoms with van der Waals surface area (Å²) in [7, 11) is 1.63. The summed E-state index contributed by atoms with van der Waals surface area (Å²) in [5, 5.41) is 4.48. The van der Waals surface area contributed by atoms with Gasteiger partial charge in [-0.1, -0.05) is 25.0 Å². The van der Waals surface area contributed by atoms with Gasteiger partial charge in [-0.05, 0) is 44.2 Å². The predicted molar refractivity (Wildman–Crippen MR) is 98.0 cm³/mol. The van der Waals surface area contributed by atoms with Crippen molar-refractivity contribution in [3.8, 4) is 5.69 Å². The van der Waals surface area contributed by atoms with E-state index in [0.29, 0.717) is 24.2 Å². The second-order valence-electron chi connectivity index (χ2n) is 7.46. The Balaban J connectivity index is 1.77. The van der Waals surface area contributed by atoms with Crippen molar-refractivity contribution in [3.05, 3.63) is 47.0 Å². The van der Waals surface area contributed by atoms with Gasteiger partial charge in [-0.2, -0.15) is 5.10 Å². The second-order valence-corrected chi connectivity index (χ2v) is 7.46. The normalized spacial score (nSPS) is 17.7. The van der Waals surface area contributed by atoms with E-state index in [1.165, 1.54) is 11.0 Å². The highest BCUT2D eigenvalue weighted by molar-refractivity contribution is 5.99. The monoisotopic (exact) mass is 370 g/mol. The number of benzene rings is 1. The van der Waals surface area contributed by atoms with Crippen LogP contribution in [0.5, 0.6) is 0 Å². The van der Waals surface area contributed by atoms with Gasteiger partial charge in [0.15, 0.2) is 5.69 Å². The number of primary amides is 1. The van der Waals surface area contributed by atoms with Gasteiger partial charge >= 0.3 is 0 Å². The van der Waals surface area contributed by atoms with Crippen molar-refractivity contribution in [2.24, 2.45) is 5.73 Å². The largest absolute Gasteiger partial charge is 0.368 e. The summed E-state index contributed by atoms with van der Waals surface area (Å²) in [6, 6.07) is 6.40. The molecule has 0 spiro atoms. The van der Waals surface area contributed by atoms with Crippen molar-refractivity contribution in [2.75, 3.05) is 7.05 Å². The molecule has 7 heteroatoms. The summed E-state index contributed by atoms with van der Waals surface area (Å²) < 4.78 is 15.9. The molecule has 2 amide bonds. The third-order valence-electron chi connectivity index (χ3n) is 6.05. The van der Waals surface area contributed by atoms with Gasteiger partial charge in [0.2, 0.25) is 5.91 Å². The molecule has 1 saturated carbocycles. The maximum Gasteiger partial charge on any atom is 0.275 e. The summed E-state index contributed by atoms with van der Waals surface area (Å²) in [4.78, 5) is 26.9. The molecule has 4 rings (SSSR count). The van der Waals surface area contributed by atoms with E-state index in [9.17, 15) is 14.0 Å². The van der Waals surface area contributed by atoms with Gasteiger partial charge in [-0.15, -0.1) is 0 Å². The Bertz CT molecular complexity index is 915. The Morgan fingerprint density at radius 3 is 2.56 bits per heavy atom. The van der Waals surface area contributed by atoms with Crippen LogP contribution >= 0.6 is 0 Å². The molecule has 2 N–H and O–H groups in total. The number of carbonyl (C=O) groups is 2. The van der Waals surface area contributed by atoms with E-state index in [1.54, 1.807) is 29.9 Å². The zero-order chi connectivity index (χ0) is 19.2. The zero-order valence-electron chi connectivity index (χ0n) is 15.4. The van der Waals surface area contributed by atoms with E-state index >= 15 is 0 Å². The summed E-state index contributed by atoms with van der Waals surface area (Å²) >= 11 is 0. The molecule has 27 heavy (non-hydrogen) atoms. The first kappa shape index (κ1) is 17.7. The molecule has 0 unspecified atom stereocenters. The van der Waals surface area contributed by atoms with Gasteiger partial charge in [0.1, 0.15) is 17.0 Å². The summed E-state index contributed by atoms with van der Waals surface area (Å²) in [5.41, 5.74) is 7.08. The first-order valence-corrected chi connectivity index (χ1v) is 9.39. The van der Waals surface area contributed by atoms with Crippen LogP contribution in [0.2, 0.25) is 0 Å². The standard InChI is InChI=1S/C20H23FN4O2/c1-24(20(19(22)27)11-4-5-12-20)18(26)17-13-7-6-10-15(13)25(23-17)16-9-3-2-8-14(16)21/h2-3,8-9H,4-7,10-12H2,1H3,(H2,22,27). The predicted octanol–water partition coefficient (Wildman–Crippen LogP) is 2.37. The van der Waals surface area contributed by atoms with Crippen LogP contribution in [0.3, 0.4) is 0 Å². The number of para-hydroxylation sites is 1. The van der Waals surface area contributed by atoms with E-state index in [-0.39, 0.29) is 11.7 Å². The fraction of sp³-hybridized carbons (Fsp3) is 0.450. The molecule has 142 valence electrons. The van der Waals surface area contributed by atoms with Crippen LogP contribution in [0.4, 0.5) is 4.39 Å². The summed E-state index contributed by atoms with van der Waals surface area (Å²) in [5.74, 6) is -1.17. The highest BCUT2D eigenvalue weighted by atomic mass is 19.1. The molecule has 0 bridgehead atoms. The molecule has 2 aliphatic carbocycles. The molecule has 0 saturated heterocycles. The number of fused-ring (bicyclic) bond motifs is 1. The van der Waals surface area contributed by atoms with Crippen LogP contribution in [-0.2, 0) is 17.6 Å². The molecule has 2 aromatic rings. The molecular formula is C20H23FN4O2. The van der Waals surface area contributed by atoms with Gasteiger partial charge in [-0.3, -0.25) is 9.59 Å². The molecule has 0 aliphatic heterocycles. The lowest BCUT2D eigenvalue weighted by Gasteiger charge is -2.35. The van der Waals surface area contributed by atoms with Crippen molar-refractivity contribution in [1.29, 1.82) is 0 Å². The summed E-state index contributed by atoms with van der Waals surface area (Å²) in [6.45, 7) is 0. The van der Waals surface area contributed by atoms with Crippen LogP contribution in [-0.4, -0.2) is 39.1 Å². The average molecular weight is 370 g/mol. The number of hydrogen-bond donors (Lipinski definition) is 1. The highest BCUT2D eigenvalue weighted by Gasteiger charge is 2.46. The zero-order valence-corrected chi connectivity index (χ0v) is 15.4. The maximum atomic E-state index is 14.3. The lowest BCUT2D eigenvalue weighted by Crippen LogP contribution is -2.56. The Morgan fingerprint density at radius 2 is 1.89 bits per heavy atom. The number of hydrogen-bond acceptors (Lipinski definition) is 3. The molecular weight excluding hydrogens is 347 g/mol. The number of nitrogens with zero attached hydrogens (tertiary/aromatic N) is 3. The van der Waals surface area contributed by atoms with Gasteiger partial charge in [0, 0.05) is 18.3 Å². The van der Waals surface area contributed by atoms with E-state index in [1.807, 2.05) is 0 Å². The molecule has 1 fully saturated rings. The molecule has 1 heterocycles. The number of rotatable bonds is 4. The van der Waals surface area contributed by atoms with Crippen LogP contribution in [0.25, 0.3) is 5.69 Å². The Labute approximate surface area is 157 Å². The fourth-order valence-electron chi connectivity index (χ4n) is 4.49. The van der Waals surface area contributed by atoms with Gasteiger partial charge < -0.3 is 10.6 Å². The van der Waals surface area contributed by atoms with Crippen LogP contribution in [0, 0.1) is 5.82 Å². The van der Waals surface area contributed by atoms with Gasteiger partial charge in [0.25, 0.3) is 5.91 Å². The van der Waals surface area contributed by atoms with Crippen LogP contribution in [0.15, 0.2) is 24.3 Å². The number of aromatic nitrogens is 2. The van der Waals surface area contributed by atoms with Crippen LogP contribution in [0.1, 0.15) is 53.8 Å². The number of likely N-dealkylation sites (N-methyl/N-ethyl adjacent to an activating group) is 1. The number of amides is 2. The maximum absolute atomic E-state index is 14.3. The first-order valence-electron chi connectivity index (χ1n) is 9.39. The Kier molecular flexibility index (Phi) is 4.25. The molecule has 6 nitrogen and oxygen atoms in total. The number of halogens is 1. The van der Waals surface area contributed by atoms with Crippen molar-refractivity contribution < 1.29 is 14.0 Å². The number of carbonyl (C=O) groups excluding carboxylic acids is 2. The average Bonchev–Trinajstić information content (AvgIpc) is 3.37. The quantitative estimate of drug-likeness (QED) is 0.897. The Morgan fingerprint density at radius 1 is 1.19 bits per heavy atom. The van der Waals surface area contributed by atoms with E-state index < -0.39 is 11.4 Å². The van der Waals surface area contributed by atoms with Crippen LogP contribution < -0.4 is 5.73 Å². The molecule has 0 atom stereocenters. The van der Waals surface area contributed by atoms with Crippen molar-refractivity contribution in [3.63, 3.8) is 0 Å². The SMILES string of the molecule is CN(C(=O)c1nn(-c2ccccc2F)c2c1CCC2)C1(C(N)=O)CCCC1. The van der Waals surface area contributed by atoms with Crippen molar-refractivity contribution in [1.82, 2.24) is 14.7 Å². The van der Waals surface area contributed by atoms with E-state index in [0.717, 1.165) is 43.4 Å². The van der Waals surface area contributed by atoms with Crippen molar-refractivity contribution >= 4 is 11.8 Å². The number of nitrogens with two attached hydrogens (primary N) is 1. The molecule has 2 aliphatic rings. The van der Waals surface area contributed by atoms with Crippen molar-refractivity contribution in [2.45, 2.75) is 50.5 Å². The smallest absolute Gasteiger partial charge is 0.275 e. The van der Waals surface area contributed by atoms with E-state index in [4.69, 9.17) is 5.73 Å². The lowest BCUT2D eigenvalue weighted by atomic mass is 9.94. The minimum absolute atomic E-state index is 0.306. The third kappa shape index (κ3) is 2.64. The third-order valence-corrected chi connectivity index (χ3v) is 6.05. The minimum Gasteiger partial charge on any atom is -0.368 e. The second kappa shape index (κ2) is 6.48. The highest BCUT2D eigenvalue weighted by Crippen LogP contribution is 2.36. The molecule has 1 aromatic carbocycles. The summed E-state index contributed by atoms with van der Waals surface area (Å²) in [6.07, 6.45) is 5.23. The van der Waals surface area contributed by atoms with E-state index in [2.05, 4.69) is 5.10 Å². The van der Waals surface area contributed by atoms with Gasteiger partial charge in [-0.25, -0.2) is 9.07 Å². The molecule has 1 aromatic heterocycles. The topological polar surface area (TPSA) is 81.2 Å². The van der Waals surface area contributed by atoms with Gasteiger partial charge in [0.05, 0.1) is 0 Å². The minimum atomic E-state index is -0.954. The lowest BCUT2D eigenvalue weighted by molar-refractivity contribution is -0.127. The molecule has 0 radical (unpaired) electrons. The fourth-order valence-corrected chi connectivity index (χ4v) is 4.49. The first-order chi connectivity index (χ1) is 13.0.